The average molecular weight is 430 g/mol. The lowest BCUT2D eigenvalue weighted by Crippen LogP contribution is -2.38. The normalized spacial score (nSPS) is 25.4. The maximum absolute atomic E-state index is 14.4. The Kier molecular flexibility index (Phi) is 3.56. The van der Waals surface area contributed by atoms with Gasteiger partial charge >= 0.3 is 0 Å². The van der Waals surface area contributed by atoms with Gasteiger partial charge in [0.25, 0.3) is 0 Å². The number of para-hydroxylation sites is 1. The van der Waals surface area contributed by atoms with Gasteiger partial charge in [-0.1, -0.05) is 66.2 Å². The van der Waals surface area contributed by atoms with Gasteiger partial charge in [0.1, 0.15) is 10.8 Å². The zero-order valence-corrected chi connectivity index (χ0v) is 17.8. The molecule has 2 spiro atoms. The number of nitriles is 2. The molecule has 2 amide bonds. The molecular formula is C27H18N4O2. The van der Waals surface area contributed by atoms with Crippen LogP contribution >= 0.6 is 0 Å². The summed E-state index contributed by atoms with van der Waals surface area (Å²) in [5.74, 6) is -0.865. The maximum Gasteiger partial charge on any atom is 0.242 e. The van der Waals surface area contributed by atoms with Crippen molar-refractivity contribution in [3.8, 4) is 12.1 Å². The van der Waals surface area contributed by atoms with Crippen LogP contribution in [0.2, 0.25) is 0 Å². The number of fused-ring (bicyclic) bond motifs is 5. The van der Waals surface area contributed by atoms with Crippen LogP contribution in [0.5, 0.6) is 0 Å². The highest BCUT2D eigenvalue weighted by atomic mass is 16.2. The van der Waals surface area contributed by atoms with Crippen LogP contribution in [0.4, 0.5) is 11.4 Å². The number of carbonyl (C=O) groups is 2. The molecule has 0 saturated heterocycles. The number of carbonyl (C=O) groups excluding carboxylic acids is 2. The highest BCUT2D eigenvalue weighted by molar-refractivity contribution is 6.26. The van der Waals surface area contributed by atoms with E-state index in [1.807, 2.05) is 55.5 Å². The Morgan fingerprint density at radius 3 is 2.30 bits per heavy atom. The number of nitrogens with zero attached hydrogens (tertiary/aromatic N) is 3. The van der Waals surface area contributed by atoms with E-state index in [1.54, 1.807) is 29.2 Å². The summed E-state index contributed by atoms with van der Waals surface area (Å²) in [5, 5.41) is 23.7. The smallest absolute Gasteiger partial charge is 0.242 e. The molecule has 1 fully saturated rings. The van der Waals surface area contributed by atoms with Crippen molar-refractivity contribution in [3.05, 3.63) is 95.1 Å². The van der Waals surface area contributed by atoms with E-state index in [4.69, 9.17) is 0 Å². The molecule has 1 aliphatic carbocycles. The highest BCUT2D eigenvalue weighted by Gasteiger charge is 3.00. The van der Waals surface area contributed by atoms with Crippen LogP contribution in [0.1, 0.15) is 22.3 Å². The zero-order valence-electron chi connectivity index (χ0n) is 17.8. The van der Waals surface area contributed by atoms with Crippen LogP contribution < -0.4 is 10.2 Å². The predicted molar refractivity (Wildman–Crippen MR) is 121 cm³/mol. The summed E-state index contributed by atoms with van der Waals surface area (Å²) in [6, 6.07) is 26.5. The molecule has 6 heteroatoms. The van der Waals surface area contributed by atoms with E-state index in [0.717, 1.165) is 11.1 Å². The number of nitrogens with one attached hydrogen (secondary N) is 1. The Morgan fingerprint density at radius 1 is 0.879 bits per heavy atom. The van der Waals surface area contributed by atoms with Crippen molar-refractivity contribution < 1.29 is 9.59 Å². The molecule has 0 radical (unpaired) electrons. The molecule has 3 aliphatic rings. The van der Waals surface area contributed by atoms with E-state index < -0.39 is 22.2 Å². The summed E-state index contributed by atoms with van der Waals surface area (Å²) >= 11 is 0. The fraction of sp³-hybridized carbons (Fsp3) is 0.185. The Balaban J connectivity index is 1.67. The molecule has 158 valence electrons. The van der Waals surface area contributed by atoms with Crippen LogP contribution in [0.3, 0.4) is 0 Å². The summed E-state index contributed by atoms with van der Waals surface area (Å²) in [6.45, 7) is 2.18. The van der Waals surface area contributed by atoms with Gasteiger partial charge in [0, 0.05) is 11.4 Å². The molecule has 33 heavy (non-hydrogen) atoms. The van der Waals surface area contributed by atoms with Gasteiger partial charge in [0.05, 0.1) is 18.7 Å². The quantitative estimate of drug-likeness (QED) is 0.670. The van der Waals surface area contributed by atoms with E-state index in [9.17, 15) is 20.1 Å². The van der Waals surface area contributed by atoms with Gasteiger partial charge in [-0.15, -0.1) is 0 Å². The number of benzene rings is 3. The molecule has 2 aliphatic heterocycles. The fourth-order valence-electron chi connectivity index (χ4n) is 6.19. The van der Waals surface area contributed by atoms with Gasteiger partial charge in [-0.05, 0) is 35.7 Å². The lowest BCUT2D eigenvalue weighted by Gasteiger charge is -2.19. The Morgan fingerprint density at radius 2 is 1.58 bits per heavy atom. The summed E-state index contributed by atoms with van der Waals surface area (Å²) in [5.41, 5.74) is -1.00. The second-order valence-corrected chi connectivity index (χ2v) is 8.87. The topological polar surface area (TPSA) is 97.0 Å². The molecule has 3 aromatic carbocycles. The summed E-state index contributed by atoms with van der Waals surface area (Å²) in [6.07, 6.45) is 0. The molecule has 0 unspecified atom stereocenters. The Labute approximate surface area is 190 Å². The SMILES string of the molecule is Cc1ccc2c(c1)[C@@]1(C(=O)N2Cc2ccccc2)C(C#N)(C#N)[C@@]12C(=O)Nc1ccccc12. The van der Waals surface area contributed by atoms with Gasteiger partial charge in [-0.25, -0.2) is 0 Å². The monoisotopic (exact) mass is 430 g/mol. The molecule has 3 aromatic rings. The molecule has 1 saturated carbocycles. The summed E-state index contributed by atoms with van der Waals surface area (Å²) < 4.78 is 0. The van der Waals surface area contributed by atoms with E-state index >= 15 is 0 Å². The van der Waals surface area contributed by atoms with Crippen LogP contribution in [0.15, 0.2) is 72.8 Å². The summed E-state index contributed by atoms with van der Waals surface area (Å²) in [7, 11) is 0. The highest BCUT2D eigenvalue weighted by Crippen LogP contribution is 2.83. The van der Waals surface area contributed by atoms with Crippen molar-refractivity contribution in [2.75, 3.05) is 10.2 Å². The average Bonchev–Trinajstić information content (AvgIpc) is 3.16. The first-order valence-corrected chi connectivity index (χ1v) is 10.7. The minimum Gasteiger partial charge on any atom is -0.325 e. The Hall–Kier alpha value is -4.42. The molecule has 6 rings (SSSR count). The zero-order chi connectivity index (χ0) is 23.0. The standard InChI is InChI=1S/C27H18N4O2/c1-17-11-12-22-20(13-17)27(24(33)31(22)14-18-7-3-2-4-8-18)25(15-28,16-29)26(27)19-9-5-6-10-21(19)30-23(26)32/h2-13H,14H2,1H3,(H,30,32)/t26-,27-/m1/s1. The van der Waals surface area contributed by atoms with Crippen LogP contribution in [0, 0.1) is 35.0 Å². The van der Waals surface area contributed by atoms with Crippen molar-refractivity contribution in [1.82, 2.24) is 0 Å². The van der Waals surface area contributed by atoms with Crippen molar-refractivity contribution in [3.63, 3.8) is 0 Å². The third-order valence-electron chi connectivity index (χ3n) is 7.48. The number of aryl methyl sites for hydroxylation is 1. The predicted octanol–water partition coefficient (Wildman–Crippen LogP) is 3.72. The van der Waals surface area contributed by atoms with Gasteiger partial charge in [0.2, 0.25) is 11.8 Å². The van der Waals surface area contributed by atoms with Crippen molar-refractivity contribution >= 4 is 23.2 Å². The van der Waals surface area contributed by atoms with Gasteiger partial charge in [0.15, 0.2) is 5.41 Å². The molecule has 6 nitrogen and oxygen atoms in total. The molecule has 2 atom stereocenters. The van der Waals surface area contributed by atoms with Gasteiger partial charge in [-0.3, -0.25) is 9.59 Å². The lowest BCUT2D eigenvalue weighted by molar-refractivity contribution is -0.124. The van der Waals surface area contributed by atoms with Crippen molar-refractivity contribution in [2.45, 2.75) is 24.3 Å². The third kappa shape index (κ3) is 1.86. The second-order valence-electron chi connectivity index (χ2n) is 8.87. The largest absolute Gasteiger partial charge is 0.325 e. The number of amides is 2. The first-order chi connectivity index (χ1) is 16.0. The van der Waals surface area contributed by atoms with Gasteiger partial charge < -0.3 is 10.2 Å². The molecular weight excluding hydrogens is 412 g/mol. The molecule has 2 heterocycles. The van der Waals surface area contributed by atoms with Crippen molar-refractivity contribution in [1.29, 1.82) is 10.5 Å². The lowest BCUT2D eigenvalue weighted by atomic mass is 9.82. The number of hydrogen-bond acceptors (Lipinski definition) is 4. The minimum atomic E-state index is -1.86. The fourth-order valence-corrected chi connectivity index (χ4v) is 6.19. The van der Waals surface area contributed by atoms with Crippen molar-refractivity contribution in [2.24, 2.45) is 5.41 Å². The van der Waals surface area contributed by atoms with Crippen LogP contribution in [0.25, 0.3) is 0 Å². The molecule has 1 N–H and O–H groups in total. The molecule has 0 aromatic heterocycles. The van der Waals surface area contributed by atoms with E-state index in [0.29, 0.717) is 22.5 Å². The van der Waals surface area contributed by atoms with E-state index in [-0.39, 0.29) is 12.5 Å². The third-order valence-corrected chi connectivity index (χ3v) is 7.48. The number of hydrogen-bond donors (Lipinski definition) is 1. The maximum atomic E-state index is 14.4. The van der Waals surface area contributed by atoms with E-state index in [1.165, 1.54) is 0 Å². The first-order valence-electron chi connectivity index (χ1n) is 10.7. The van der Waals surface area contributed by atoms with E-state index in [2.05, 4.69) is 17.5 Å². The first kappa shape index (κ1) is 19.3. The van der Waals surface area contributed by atoms with Crippen LogP contribution in [-0.2, 0) is 27.0 Å². The Bertz CT molecular complexity index is 1450. The minimum absolute atomic E-state index is 0.282. The number of rotatable bonds is 2. The second kappa shape index (κ2) is 6.09. The summed E-state index contributed by atoms with van der Waals surface area (Å²) in [4.78, 5) is 29.6. The van der Waals surface area contributed by atoms with Gasteiger partial charge in [-0.2, -0.15) is 10.5 Å². The molecule has 0 bridgehead atoms. The van der Waals surface area contributed by atoms with Crippen LogP contribution in [-0.4, -0.2) is 11.8 Å². The number of anilines is 2.